The second kappa shape index (κ2) is 9.97. The highest BCUT2D eigenvalue weighted by Gasteiger charge is 2.20. The van der Waals surface area contributed by atoms with Crippen molar-refractivity contribution in [3.63, 3.8) is 0 Å². The molecule has 21 heavy (non-hydrogen) atoms. The summed E-state index contributed by atoms with van der Waals surface area (Å²) in [5.41, 5.74) is 1.41. The third-order valence-electron chi connectivity index (χ3n) is 4.41. The second-order valence-corrected chi connectivity index (χ2v) is 6.29. The maximum atomic E-state index is 3.67. The molecule has 0 amide bonds. The van der Waals surface area contributed by atoms with Crippen LogP contribution in [0.1, 0.15) is 52.6 Å². The van der Waals surface area contributed by atoms with Crippen molar-refractivity contribution < 1.29 is 0 Å². The molecule has 1 N–H and O–H groups in total. The van der Waals surface area contributed by atoms with Crippen molar-refractivity contribution in [2.24, 2.45) is 11.8 Å². The Morgan fingerprint density at radius 3 is 2.19 bits per heavy atom. The first-order chi connectivity index (χ1) is 10.1. The highest BCUT2D eigenvalue weighted by Crippen LogP contribution is 2.23. The quantitative estimate of drug-likeness (QED) is 0.689. The van der Waals surface area contributed by atoms with E-state index in [1.807, 2.05) is 0 Å². The van der Waals surface area contributed by atoms with E-state index in [4.69, 9.17) is 0 Å². The van der Waals surface area contributed by atoms with E-state index in [0.29, 0.717) is 12.0 Å². The molecule has 0 aliphatic carbocycles. The Morgan fingerprint density at radius 2 is 1.67 bits per heavy atom. The fourth-order valence-corrected chi connectivity index (χ4v) is 2.94. The van der Waals surface area contributed by atoms with Crippen LogP contribution in [0.15, 0.2) is 30.3 Å². The zero-order chi connectivity index (χ0) is 15.7. The lowest BCUT2D eigenvalue weighted by atomic mass is 9.93. The second-order valence-electron chi connectivity index (χ2n) is 6.29. The van der Waals surface area contributed by atoms with Gasteiger partial charge in [0, 0.05) is 19.1 Å². The first-order valence-electron chi connectivity index (χ1n) is 8.62. The highest BCUT2D eigenvalue weighted by atomic mass is 15.1. The molecule has 0 aromatic heterocycles. The Balaban J connectivity index is 2.69. The molecular formula is C19H34N2. The maximum Gasteiger partial charge on any atom is 0.0358 e. The summed E-state index contributed by atoms with van der Waals surface area (Å²) in [6.45, 7) is 16.0. The predicted molar refractivity (Wildman–Crippen MR) is 93.6 cm³/mol. The minimum Gasteiger partial charge on any atom is -0.310 e. The molecule has 0 aliphatic heterocycles. The molecule has 0 aliphatic rings. The SMILES string of the molecule is CCNC(c1ccccc1)C(C)CN(CC)CC(C)CC. The third kappa shape index (κ3) is 6.19. The fourth-order valence-electron chi connectivity index (χ4n) is 2.94. The highest BCUT2D eigenvalue weighted by molar-refractivity contribution is 5.19. The lowest BCUT2D eigenvalue weighted by Gasteiger charge is -2.32. The average molecular weight is 290 g/mol. The van der Waals surface area contributed by atoms with Crippen LogP contribution in [0.2, 0.25) is 0 Å². The van der Waals surface area contributed by atoms with Gasteiger partial charge in [0.25, 0.3) is 0 Å². The summed E-state index contributed by atoms with van der Waals surface area (Å²) < 4.78 is 0. The van der Waals surface area contributed by atoms with Crippen LogP contribution in [0, 0.1) is 11.8 Å². The van der Waals surface area contributed by atoms with Crippen molar-refractivity contribution in [2.75, 3.05) is 26.2 Å². The van der Waals surface area contributed by atoms with Gasteiger partial charge in [-0.05, 0) is 30.5 Å². The van der Waals surface area contributed by atoms with E-state index >= 15 is 0 Å². The molecule has 0 radical (unpaired) electrons. The van der Waals surface area contributed by atoms with Crippen LogP contribution >= 0.6 is 0 Å². The van der Waals surface area contributed by atoms with Crippen LogP contribution in [-0.4, -0.2) is 31.1 Å². The van der Waals surface area contributed by atoms with Crippen LogP contribution < -0.4 is 5.32 Å². The molecule has 1 aromatic rings. The smallest absolute Gasteiger partial charge is 0.0358 e. The van der Waals surface area contributed by atoms with Crippen LogP contribution in [0.4, 0.5) is 0 Å². The molecule has 0 saturated carbocycles. The molecule has 2 nitrogen and oxygen atoms in total. The number of benzene rings is 1. The van der Waals surface area contributed by atoms with Crippen molar-refractivity contribution in [2.45, 2.75) is 47.1 Å². The van der Waals surface area contributed by atoms with Crippen molar-refractivity contribution in [3.8, 4) is 0 Å². The first-order valence-corrected chi connectivity index (χ1v) is 8.62. The summed E-state index contributed by atoms with van der Waals surface area (Å²) in [6, 6.07) is 11.3. The van der Waals surface area contributed by atoms with Crippen LogP contribution in [0.25, 0.3) is 0 Å². The topological polar surface area (TPSA) is 15.3 Å². The Morgan fingerprint density at radius 1 is 1.00 bits per heavy atom. The average Bonchev–Trinajstić information content (AvgIpc) is 2.52. The third-order valence-corrected chi connectivity index (χ3v) is 4.41. The molecular weight excluding hydrogens is 256 g/mol. The largest absolute Gasteiger partial charge is 0.310 e. The van der Waals surface area contributed by atoms with E-state index in [1.165, 1.54) is 18.5 Å². The van der Waals surface area contributed by atoms with Crippen LogP contribution in [0.3, 0.4) is 0 Å². The Hall–Kier alpha value is -0.860. The number of nitrogens with zero attached hydrogens (tertiary/aromatic N) is 1. The van der Waals surface area contributed by atoms with Gasteiger partial charge >= 0.3 is 0 Å². The van der Waals surface area contributed by atoms with Crippen molar-refractivity contribution >= 4 is 0 Å². The van der Waals surface area contributed by atoms with Crippen molar-refractivity contribution in [3.05, 3.63) is 35.9 Å². The number of hydrogen-bond acceptors (Lipinski definition) is 2. The van der Waals surface area contributed by atoms with Gasteiger partial charge in [-0.15, -0.1) is 0 Å². The van der Waals surface area contributed by atoms with Gasteiger partial charge in [-0.25, -0.2) is 0 Å². The van der Waals surface area contributed by atoms with Gasteiger partial charge in [-0.3, -0.25) is 0 Å². The summed E-state index contributed by atoms with van der Waals surface area (Å²) in [5.74, 6) is 1.39. The minimum atomic E-state index is 0.446. The van der Waals surface area contributed by atoms with Crippen LogP contribution in [-0.2, 0) is 0 Å². The van der Waals surface area contributed by atoms with Gasteiger partial charge in [-0.2, -0.15) is 0 Å². The van der Waals surface area contributed by atoms with Gasteiger partial charge in [0.1, 0.15) is 0 Å². The lowest BCUT2D eigenvalue weighted by Crippen LogP contribution is -2.37. The molecule has 3 unspecified atom stereocenters. The summed E-state index contributed by atoms with van der Waals surface area (Å²) in [7, 11) is 0. The molecule has 120 valence electrons. The number of rotatable bonds is 10. The van der Waals surface area contributed by atoms with E-state index < -0.39 is 0 Å². The minimum absolute atomic E-state index is 0.446. The van der Waals surface area contributed by atoms with Gasteiger partial charge < -0.3 is 10.2 Å². The van der Waals surface area contributed by atoms with Crippen LogP contribution in [0.5, 0.6) is 0 Å². The predicted octanol–water partition coefficient (Wildman–Crippen LogP) is 4.34. The van der Waals surface area contributed by atoms with E-state index in [-0.39, 0.29) is 0 Å². The van der Waals surface area contributed by atoms with Gasteiger partial charge in [0.2, 0.25) is 0 Å². The number of nitrogens with one attached hydrogen (secondary N) is 1. The Bertz CT molecular complexity index is 363. The lowest BCUT2D eigenvalue weighted by molar-refractivity contribution is 0.194. The summed E-state index contributed by atoms with van der Waals surface area (Å²) in [5, 5.41) is 3.67. The molecule has 0 fully saturated rings. The van der Waals surface area contributed by atoms with Gasteiger partial charge in [0.15, 0.2) is 0 Å². The van der Waals surface area contributed by atoms with E-state index in [1.54, 1.807) is 0 Å². The zero-order valence-corrected chi connectivity index (χ0v) is 14.6. The monoisotopic (exact) mass is 290 g/mol. The zero-order valence-electron chi connectivity index (χ0n) is 14.6. The molecule has 1 aromatic carbocycles. The molecule has 0 bridgehead atoms. The molecule has 0 spiro atoms. The fraction of sp³-hybridized carbons (Fsp3) is 0.684. The summed E-state index contributed by atoms with van der Waals surface area (Å²) in [6.07, 6.45) is 1.26. The van der Waals surface area contributed by atoms with E-state index in [2.05, 4.69) is 75.2 Å². The van der Waals surface area contributed by atoms with E-state index in [0.717, 1.165) is 25.6 Å². The Labute approximate surface area is 131 Å². The number of hydrogen-bond donors (Lipinski definition) is 1. The van der Waals surface area contributed by atoms with Crippen molar-refractivity contribution in [1.29, 1.82) is 0 Å². The molecule has 2 heteroatoms. The summed E-state index contributed by atoms with van der Waals surface area (Å²) >= 11 is 0. The first kappa shape index (κ1) is 18.2. The molecule has 1 rings (SSSR count). The molecule has 0 heterocycles. The standard InChI is InChI=1S/C19H34N2/c1-6-16(4)14-21(8-3)15-17(5)19(20-7-2)18-12-10-9-11-13-18/h9-13,16-17,19-20H,6-8,14-15H2,1-5H3. The Kier molecular flexibility index (Phi) is 8.63. The van der Waals surface area contributed by atoms with Crippen molar-refractivity contribution in [1.82, 2.24) is 10.2 Å². The normalized spacial score (nSPS) is 15.9. The molecule has 0 saturated heterocycles. The van der Waals surface area contributed by atoms with E-state index in [9.17, 15) is 0 Å². The summed E-state index contributed by atoms with van der Waals surface area (Å²) in [4.78, 5) is 2.60. The van der Waals surface area contributed by atoms with Gasteiger partial charge in [-0.1, -0.05) is 71.4 Å². The maximum absolute atomic E-state index is 3.67. The molecule has 3 atom stereocenters. The van der Waals surface area contributed by atoms with Gasteiger partial charge in [0.05, 0.1) is 0 Å².